The summed E-state index contributed by atoms with van der Waals surface area (Å²) in [5.74, 6) is -0.208. The molecule has 1 aliphatic carbocycles. The van der Waals surface area contributed by atoms with Gasteiger partial charge in [-0.25, -0.2) is 4.79 Å². The summed E-state index contributed by atoms with van der Waals surface area (Å²) >= 11 is 0. The Morgan fingerprint density at radius 1 is 0.947 bits per heavy atom. The van der Waals surface area contributed by atoms with Crippen LogP contribution in [0, 0.1) is 0 Å². The third-order valence-electron chi connectivity index (χ3n) is 8.40. The van der Waals surface area contributed by atoms with Crippen LogP contribution >= 0.6 is 0 Å². The topological polar surface area (TPSA) is 85.0 Å². The molecule has 202 valence electrons. The molecule has 2 N–H and O–H groups in total. The van der Waals surface area contributed by atoms with Crippen LogP contribution in [0.5, 0.6) is 0 Å². The molecule has 2 aliphatic heterocycles. The van der Waals surface area contributed by atoms with E-state index < -0.39 is 5.54 Å². The second kappa shape index (κ2) is 11.5. The number of benzene rings is 2. The normalized spacial score (nSPS) is 20.4. The molecular weight excluding hydrogens is 478 g/mol. The minimum atomic E-state index is -0.756. The van der Waals surface area contributed by atoms with Crippen molar-refractivity contribution in [3.63, 3.8) is 0 Å². The number of likely N-dealkylation sites (tertiary alicyclic amines) is 1. The highest BCUT2D eigenvalue weighted by Gasteiger charge is 2.54. The number of nitrogens with one attached hydrogen (secondary N) is 2. The number of hydrogen-bond donors (Lipinski definition) is 2. The van der Waals surface area contributed by atoms with Crippen molar-refractivity contribution in [1.82, 2.24) is 20.4 Å². The van der Waals surface area contributed by atoms with Gasteiger partial charge in [-0.3, -0.25) is 9.59 Å². The van der Waals surface area contributed by atoms with E-state index >= 15 is 0 Å². The Labute approximate surface area is 225 Å². The highest BCUT2D eigenvalue weighted by molar-refractivity contribution is 5.96. The molecule has 2 heterocycles. The minimum Gasteiger partial charge on any atom is -0.348 e. The molecule has 8 heteroatoms. The number of anilines is 1. The second-order valence-electron chi connectivity index (χ2n) is 10.9. The van der Waals surface area contributed by atoms with Crippen LogP contribution in [0.2, 0.25) is 0 Å². The van der Waals surface area contributed by atoms with E-state index in [9.17, 15) is 14.4 Å². The number of urea groups is 1. The zero-order chi connectivity index (χ0) is 26.5. The van der Waals surface area contributed by atoms with Crippen LogP contribution in [-0.4, -0.2) is 65.5 Å². The standard InChI is InChI=1S/C30H39N5O3/c1-23(24-11-5-2-6-12-24)31-27(36)21-34-22-35(26-15-9-4-10-16-26)30(28(34)37)17-19-33(20-18-30)29(38)32-25-13-7-3-8-14-25/h2,4-6,9-12,15-16,23,25H,3,7-8,13-14,17-22H2,1H3,(H,31,36)(H,32,38)/t23-/m0/s1. The van der Waals surface area contributed by atoms with Gasteiger partial charge >= 0.3 is 6.03 Å². The molecule has 0 unspecified atom stereocenters. The van der Waals surface area contributed by atoms with Crippen molar-refractivity contribution in [2.45, 2.75) is 69.5 Å². The van der Waals surface area contributed by atoms with Gasteiger partial charge in [-0.05, 0) is 50.3 Å². The molecule has 4 amide bonds. The summed E-state index contributed by atoms with van der Waals surface area (Å²) in [5.41, 5.74) is 1.23. The number of nitrogens with zero attached hydrogens (tertiary/aromatic N) is 3. The lowest BCUT2D eigenvalue weighted by atomic mass is 9.85. The SMILES string of the molecule is C[C@H](NC(=O)CN1CN(c2ccccc2)C2(CCN(C(=O)NC3CCCCC3)CC2)C1=O)c1ccccc1. The molecule has 2 aromatic carbocycles. The van der Waals surface area contributed by atoms with Gasteiger partial charge in [0.15, 0.2) is 0 Å². The summed E-state index contributed by atoms with van der Waals surface area (Å²) < 4.78 is 0. The summed E-state index contributed by atoms with van der Waals surface area (Å²) in [4.78, 5) is 45.6. The van der Waals surface area contributed by atoms with Gasteiger partial charge in [0.1, 0.15) is 12.1 Å². The molecule has 0 aromatic heterocycles. The monoisotopic (exact) mass is 517 g/mol. The zero-order valence-corrected chi connectivity index (χ0v) is 22.3. The highest BCUT2D eigenvalue weighted by Crippen LogP contribution is 2.39. The molecule has 1 spiro atoms. The quantitative estimate of drug-likeness (QED) is 0.606. The van der Waals surface area contributed by atoms with Gasteiger partial charge in [-0.1, -0.05) is 67.8 Å². The molecule has 5 rings (SSSR count). The zero-order valence-electron chi connectivity index (χ0n) is 22.3. The average Bonchev–Trinajstić information content (AvgIpc) is 3.21. The van der Waals surface area contributed by atoms with E-state index in [1.54, 1.807) is 4.90 Å². The molecule has 38 heavy (non-hydrogen) atoms. The van der Waals surface area contributed by atoms with Crippen LogP contribution in [0.25, 0.3) is 0 Å². The fourth-order valence-electron chi connectivity index (χ4n) is 6.20. The Morgan fingerprint density at radius 3 is 2.24 bits per heavy atom. The van der Waals surface area contributed by atoms with Gasteiger partial charge in [0, 0.05) is 24.8 Å². The molecule has 1 saturated carbocycles. The van der Waals surface area contributed by atoms with Gasteiger partial charge in [0.25, 0.3) is 5.91 Å². The predicted molar refractivity (Wildman–Crippen MR) is 147 cm³/mol. The Balaban J connectivity index is 1.26. The number of piperidine rings is 1. The van der Waals surface area contributed by atoms with E-state index in [-0.39, 0.29) is 36.5 Å². The Morgan fingerprint density at radius 2 is 1.58 bits per heavy atom. The maximum atomic E-state index is 13.9. The van der Waals surface area contributed by atoms with Crippen LogP contribution in [0.15, 0.2) is 60.7 Å². The number of rotatable bonds is 6. The number of hydrogen-bond acceptors (Lipinski definition) is 4. The lowest BCUT2D eigenvalue weighted by Gasteiger charge is -2.43. The highest BCUT2D eigenvalue weighted by atomic mass is 16.2. The van der Waals surface area contributed by atoms with Crippen LogP contribution < -0.4 is 15.5 Å². The molecular formula is C30H39N5O3. The van der Waals surface area contributed by atoms with E-state index in [4.69, 9.17) is 0 Å². The van der Waals surface area contributed by atoms with Gasteiger partial charge in [-0.2, -0.15) is 0 Å². The fraction of sp³-hybridized carbons (Fsp3) is 0.500. The van der Waals surface area contributed by atoms with Gasteiger partial charge in [-0.15, -0.1) is 0 Å². The molecule has 1 atom stereocenters. The first-order chi connectivity index (χ1) is 18.5. The van der Waals surface area contributed by atoms with Crippen LogP contribution in [-0.2, 0) is 9.59 Å². The number of carbonyl (C=O) groups is 3. The lowest BCUT2D eigenvalue weighted by molar-refractivity contribution is -0.137. The summed E-state index contributed by atoms with van der Waals surface area (Å²) in [7, 11) is 0. The third-order valence-corrected chi connectivity index (χ3v) is 8.40. The Kier molecular flexibility index (Phi) is 7.86. The molecule has 0 bridgehead atoms. The third kappa shape index (κ3) is 5.49. The van der Waals surface area contributed by atoms with Crippen molar-refractivity contribution in [3.8, 4) is 0 Å². The molecule has 2 aromatic rings. The maximum Gasteiger partial charge on any atom is 0.317 e. The number of carbonyl (C=O) groups excluding carboxylic acids is 3. The molecule has 2 saturated heterocycles. The molecule has 0 radical (unpaired) electrons. The molecule has 8 nitrogen and oxygen atoms in total. The number of para-hydroxylation sites is 1. The van der Waals surface area contributed by atoms with Crippen LogP contribution in [0.1, 0.15) is 63.5 Å². The van der Waals surface area contributed by atoms with Crippen molar-refractivity contribution in [2.75, 3.05) is 31.2 Å². The molecule has 3 fully saturated rings. The largest absolute Gasteiger partial charge is 0.348 e. The summed E-state index contributed by atoms with van der Waals surface area (Å²) in [6.07, 6.45) is 6.75. The number of amides is 4. The first-order valence-corrected chi connectivity index (χ1v) is 14.0. The van der Waals surface area contributed by atoms with E-state index in [0.717, 1.165) is 24.1 Å². The smallest absolute Gasteiger partial charge is 0.317 e. The van der Waals surface area contributed by atoms with E-state index in [1.165, 1.54) is 19.3 Å². The predicted octanol–water partition coefficient (Wildman–Crippen LogP) is 4.05. The Hall–Kier alpha value is -3.55. The van der Waals surface area contributed by atoms with E-state index in [1.807, 2.05) is 72.5 Å². The van der Waals surface area contributed by atoms with E-state index in [2.05, 4.69) is 15.5 Å². The van der Waals surface area contributed by atoms with Crippen LogP contribution in [0.3, 0.4) is 0 Å². The van der Waals surface area contributed by atoms with Gasteiger partial charge in [0.05, 0.1) is 12.7 Å². The summed E-state index contributed by atoms with van der Waals surface area (Å²) in [6.45, 7) is 3.33. The summed E-state index contributed by atoms with van der Waals surface area (Å²) in [5, 5.41) is 6.25. The van der Waals surface area contributed by atoms with Crippen molar-refractivity contribution >= 4 is 23.5 Å². The maximum absolute atomic E-state index is 13.9. The minimum absolute atomic E-state index is 0.00692. The Bertz CT molecular complexity index is 1110. The second-order valence-corrected chi connectivity index (χ2v) is 10.9. The lowest BCUT2D eigenvalue weighted by Crippen LogP contribution is -2.59. The van der Waals surface area contributed by atoms with E-state index in [0.29, 0.717) is 32.6 Å². The van der Waals surface area contributed by atoms with Crippen molar-refractivity contribution < 1.29 is 14.4 Å². The molecule has 3 aliphatic rings. The first kappa shape index (κ1) is 26.1. The van der Waals surface area contributed by atoms with Crippen molar-refractivity contribution in [3.05, 3.63) is 66.2 Å². The van der Waals surface area contributed by atoms with Gasteiger partial charge < -0.3 is 25.3 Å². The average molecular weight is 518 g/mol. The van der Waals surface area contributed by atoms with Crippen molar-refractivity contribution in [1.29, 1.82) is 0 Å². The fourth-order valence-corrected chi connectivity index (χ4v) is 6.20. The van der Waals surface area contributed by atoms with Crippen molar-refractivity contribution in [2.24, 2.45) is 0 Å². The first-order valence-electron chi connectivity index (χ1n) is 14.0. The van der Waals surface area contributed by atoms with Gasteiger partial charge in [0.2, 0.25) is 5.91 Å². The van der Waals surface area contributed by atoms with Crippen LogP contribution in [0.4, 0.5) is 10.5 Å². The summed E-state index contributed by atoms with van der Waals surface area (Å²) in [6, 6.07) is 19.8.